The van der Waals surface area contributed by atoms with Crippen molar-refractivity contribution in [2.75, 3.05) is 17.1 Å². The van der Waals surface area contributed by atoms with Gasteiger partial charge in [0, 0.05) is 23.0 Å². The second-order valence-electron chi connectivity index (χ2n) is 7.11. The molecule has 7 nitrogen and oxygen atoms in total. The fourth-order valence-corrected chi connectivity index (χ4v) is 3.51. The van der Waals surface area contributed by atoms with E-state index in [1.54, 1.807) is 38.2 Å². The van der Waals surface area contributed by atoms with Crippen molar-refractivity contribution in [2.45, 2.75) is 27.7 Å². The van der Waals surface area contributed by atoms with Gasteiger partial charge < -0.3 is 9.94 Å². The van der Waals surface area contributed by atoms with E-state index >= 15 is 0 Å². The number of nitrogens with zero attached hydrogens (tertiary/aromatic N) is 2. The average molecular weight is 404 g/mol. The Morgan fingerprint density at radius 3 is 2.61 bits per heavy atom. The zero-order valence-electron chi connectivity index (χ0n) is 16.4. The van der Waals surface area contributed by atoms with E-state index < -0.39 is 10.0 Å². The summed E-state index contributed by atoms with van der Waals surface area (Å²) in [6, 6.07) is 8.86. The van der Waals surface area contributed by atoms with Crippen LogP contribution in [0.15, 0.2) is 36.5 Å². The lowest BCUT2D eigenvalue weighted by Gasteiger charge is -2.19. The Balaban J connectivity index is 2.16. The van der Waals surface area contributed by atoms with Gasteiger partial charge in [0.05, 0.1) is 18.1 Å². The van der Waals surface area contributed by atoms with Crippen LogP contribution in [0.1, 0.15) is 26.5 Å². The number of fused-ring (bicyclic) bond motifs is 1. The van der Waals surface area contributed by atoms with Gasteiger partial charge in [-0.05, 0) is 55.7 Å². The van der Waals surface area contributed by atoms with Crippen LogP contribution < -0.4 is 9.46 Å². The van der Waals surface area contributed by atoms with E-state index in [0.717, 1.165) is 21.4 Å². The summed E-state index contributed by atoms with van der Waals surface area (Å²) in [5.74, 6) is 1.40. The molecule has 0 aliphatic carbocycles. The van der Waals surface area contributed by atoms with E-state index in [1.165, 1.54) is 0 Å². The highest BCUT2D eigenvalue weighted by Crippen LogP contribution is 2.40. The molecule has 0 spiro atoms. The van der Waals surface area contributed by atoms with Gasteiger partial charge >= 0.3 is 0 Å². The lowest BCUT2D eigenvalue weighted by atomic mass is 9.98. The number of rotatable bonds is 7. The maximum atomic E-state index is 12.0. The largest absolute Gasteiger partial charge is 0.493 e. The molecular formula is C20H25N3O4S. The maximum absolute atomic E-state index is 12.0. The molecule has 1 aromatic carbocycles. The van der Waals surface area contributed by atoms with Gasteiger partial charge in [-0.15, -0.1) is 0 Å². The summed E-state index contributed by atoms with van der Waals surface area (Å²) >= 11 is 0. The highest BCUT2D eigenvalue weighted by Gasteiger charge is 2.20. The number of hydrogen-bond donors (Lipinski definition) is 2. The number of anilines is 1. The van der Waals surface area contributed by atoms with Gasteiger partial charge in [-0.2, -0.15) is 4.73 Å². The first-order valence-corrected chi connectivity index (χ1v) is 10.8. The second-order valence-corrected chi connectivity index (χ2v) is 9.13. The van der Waals surface area contributed by atoms with E-state index in [1.807, 2.05) is 12.1 Å². The molecule has 8 heteroatoms. The molecule has 0 amide bonds. The summed E-state index contributed by atoms with van der Waals surface area (Å²) in [4.78, 5) is 4.22. The van der Waals surface area contributed by atoms with Crippen molar-refractivity contribution in [3.8, 4) is 28.3 Å². The van der Waals surface area contributed by atoms with E-state index in [-0.39, 0.29) is 5.75 Å². The monoisotopic (exact) mass is 403 g/mol. The molecule has 0 aromatic heterocycles. The normalized spacial score (nSPS) is 11.9. The molecule has 3 rings (SSSR count). The van der Waals surface area contributed by atoms with Gasteiger partial charge in [0.2, 0.25) is 10.0 Å². The van der Waals surface area contributed by atoms with Crippen LogP contribution in [-0.4, -0.2) is 35.7 Å². The third-order valence-electron chi connectivity index (χ3n) is 4.35. The maximum Gasteiger partial charge on any atom is 0.232 e. The van der Waals surface area contributed by atoms with E-state index in [9.17, 15) is 13.6 Å². The van der Waals surface area contributed by atoms with Crippen LogP contribution in [0.2, 0.25) is 0 Å². The minimum atomic E-state index is -3.40. The van der Waals surface area contributed by atoms with Gasteiger partial charge in [0.1, 0.15) is 5.75 Å². The van der Waals surface area contributed by atoms with E-state index in [2.05, 4.69) is 23.6 Å². The third-order valence-corrected chi connectivity index (χ3v) is 5.66. The molecule has 0 saturated heterocycles. The number of sulfonamides is 1. The number of pyridine rings is 1. The fraction of sp³-hybridized carbons (Fsp3) is 0.350. The first-order valence-electron chi connectivity index (χ1n) is 9.16. The summed E-state index contributed by atoms with van der Waals surface area (Å²) < 4.78 is 33.6. The second kappa shape index (κ2) is 7.71. The molecule has 28 heavy (non-hydrogen) atoms. The van der Waals surface area contributed by atoms with Crippen LogP contribution in [0.4, 0.5) is 5.69 Å². The number of aromatic nitrogens is 2. The van der Waals surface area contributed by atoms with Gasteiger partial charge in [-0.3, -0.25) is 4.72 Å². The van der Waals surface area contributed by atoms with Crippen molar-refractivity contribution in [3.05, 3.63) is 42.2 Å². The molecule has 0 bridgehead atoms. The molecule has 1 aromatic rings. The van der Waals surface area contributed by atoms with Crippen LogP contribution >= 0.6 is 0 Å². The van der Waals surface area contributed by atoms with Gasteiger partial charge in [0.15, 0.2) is 5.82 Å². The predicted octanol–water partition coefficient (Wildman–Crippen LogP) is 4.00. The minimum Gasteiger partial charge on any atom is -0.493 e. The molecule has 2 aliphatic heterocycles. The Bertz CT molecular complexity index is 1060. The number of benzene rings is 1. The smallest absolute Gasteiger partial charge is 0.232 e. The Morgan fingerprint density at radius 2 is 1.93 bits per heavy atom. The summed E-state index contributed by atoms with van der Waals surface area (Å²) in [5, 5.41) is 10.2. The van der Waals surface area contributed by atoms with Gasteiger partial charge in [-0.25, -0.2) is 13.4 Å². The minimum absolute atomic E-state index is 0.0140. The predicted molar refractivity (Wildman–Crippen MR) is 110 cm³/mol. The van der Waals surface area contributed by atoms with Crippen LogP contribution in [-0.2, 0) is 10.0 Å². The van der Waals surface area contributed by atoms with Crippen molar-refractivity contribution in [3.63, 3.8) is 0 Å². The van der Waals surface area contributed by atoms with E-state index in [0.29, 0.717) is 35.5 Å². The van der Waals surface area contributed by atoms with Crippen molar-refractivity contribution >= 4 is 15.7 Å². The molecular weight excluding hydrogens is 378 g/mol. The molecule has 0 unspecified atom stereocenters. The van der Waals surface area contributed by atoms with Gasteiger partial charge in [-0.1, -0.05) is 13.8 Å². The molecule has 0 saturated carbocycles. The number of nitrogens with one attached hydrogen (secondary N) is 1. The summed E-state index contributed by atoms with van der Waals surface area (Å²) in [7, 11) is -3.40. The van der Waals surface area contributed by atoms with Crippen molar-refractivity contribution < 1.29 is 18.4 Å². The van der Waals surface area contributed by atoms with Gasteiger partial charge in [0.25, 0.3) is 0 Å². The van der Waals surface area contributed by atoms with E-state index in [4.69, 9.17) is 4.74 Å². The number of aryl methyl sites for hydroxylation is 1. The van der Waals surface area contributed by atoms with Crippen molar-refractivity contribution in [2.24, 2.45) is 5.92 Å². The first-order chi connectivity index (χ1) is 13.2. The van der Waals surface area contributed by atoms with Crippen LogP contribution in [0.5, 0.6) is 5.75 Å². The SMILES string of the molecule is CCS(=O)(=O)Nc1ccc(OCC(C)C)c(-c2cc(C)n(O)c3nccc2-3)c1. The summed E-state index contributed by atoms with van der Waals surface area (Å²) in [6.45, 7) is 8.01. The molecule has 0 fully saturated rings. The zero-order valence-corrected chi connectivity index (χ0v) is 17.2. The van der Waals surface area contributed by atoms with Crippen LogP contribution in [0, 0.1) is 12.8 Å². The average Bonchev–Trinajstić information content (AvgIpc) is 3.13. The standard InChI is InChI=1S/C20H25N3O4S/c1-5-28(25,26)22-15-6-7-19(27-12-13(2)3)18(11-15)17-10-14(4)23(24)20-16(17)8-9-21-20/h6-11,13,22,24H,5,12H2,1-4H3. The quantitative estimate of drug-likeness (QED) is 0.582. The lowest BCUT2D eigenvalue weighted by Crippen LogP contribution is -2.14. The molecule has 2 N–H and O–H groups in total. The Kier molecular flexibility index (Phi) is 5.51. The van der Waals surface area contributed by atoms with Crippen molar-refractivity contribution in [1.82, 2.24) is 9.71 Å². The van der Waals surface area contributed by atoms with Crippen LogP contribution in [0.3, 0.4) is 0 Å². The summed E-state index contributed by atoms with van der Waals surface area (Å²) in [6.07, 6.45) is 1.62. The lowest BCUT2D eigenvalue weighted by molar-refractivity contribution is 0.180. The summed E-state index contributed by atoms with van der Waals surface area (Å²) in [5.41, 5.74) is 3.36. The Labute approximate surface area is 165 Å². The Morgan fingerprint density at radius 1 is 1.18 bits per heavy atom. The number of ether oxygens (including phenoxy) is 1. The topological polar surface area (TPSA) is 93.5 Å². The Hall–Kier alpha value is -2.74. The number of hydrogen-bond acceptors (Lipinski definition) is 5. The molecule has 150 valence electrons. The molecule has 0 radical (unpaired) electrons. The third kappa shape index (κ3) is 4.06. The molecule has 2 aliphatic rings. The first kappa shape index (κ1) is 20.0. The highest BCUT2D eigenvalue weighted by molar-refractivity contribution is 7.92. The molecule has 2 heterocycles. The zero-order chi connectivity index (χ0) is 20.5. The highest BCUT2D eigenvalue weighted by atomic mass is 32.2. The van der Waals surface area contributed by atoms with Crippen LogP contribution in [0.25, 0.3) is 22.5 Å². The fourth-order valence-electron chi connectivity index (χ4n) is 2.88. The molecule has 0 atom stereocenters. The van der Waals surface area contributed by atoms with Crippen molar-refractivity contribution in [1.29, 1.82) is 0 Å².